The average molecular weight is 198 g/mol. The molecular weight excluding hydrogens is 188 g/mol. The number of carbonyl (C=O) groups excluding carboxylic acids is 1. The molecule has 2 aliphatic rings. The minimum absolute atomic E-state index is 0.0579. The van der Waals surface area contributed by atoms with Crippen LogP contribution in [0.2, 0.25) is 0 Å². The normalized spacial score (nSPS) is 30.4. The first-order valence-electron chi connectivity index (χ1n) is 4.42. The summed E-state index contributed by atoms with van der Waals surface area (Å²) in [5.74, 6) is -0.720. The zero-order valence-electron chi connectivity index (χ0n) is 7.43. The van der Waals surface area contributed by atoms with Crippen LogP contribution in [0.3, 0.4) is 0 Å². The Hall–Kier alpha value is -1.59. The summed E-state index contributed by atoms with van der Waals surface area (Å²) in [4.78, 5) is 11.2. The molecule has 0 amide bonds. The van der Waals surface area contributed by atoms with Gasteiger partial charge in [-0.2, -0.15) is 0 Å². The van der Waals surface area contributed by atoms with Crippen LogP contribution in [0.15, 0.2) is 10.3 Å². The third-order valence-electron chi connectivity index (χ3n) is 2.75. The maximum Gasteiger partial charge on any atom is 0.363 e. The van der Waals surface area contributed by atoms with Gasteiger partial charge in [-0.15, -0.1) is 0 Å². The molecule has 76 valence electrons. The van der Waals surface area contributed by atoms with E-state index in [2.05, 4.69) is 10.3 Å². The van der Waals surface area contributed by atoms with Crippen molar-refractivity contribution in [2.24, 2.45) is 10.3 Å². The van der Waals surface area contributed by atoms with Crippen molar-refractivity contribution in [1.29, 1.82) is 0 Å². The number of hydrogen-bond acceptors (Lipinski definition) is 6. The molecular formula is C8H10N2O4. The molecule has 0 aromatic carbocycles. The fraction of sp³-hybridized carbons (Fsp3) is 0.625. The van der Waals surface area contributed by atoms with Crippen molar-refractivity contribution in [1.82, 2.24) is 0 Å². The molecule has 0 aromatic heterocycles. The van der Waals surface area contributed by atoms with Crippen LogP contribution in [0, 0.1) is 0 Å². The van der Waals surface area contributed by atoms with E-state index >= 15 is 0 Å². The number of esters is 1. The largest absolute Gasteiger partial charge is 0.447 e. The van der Waals surface area contributed by atoms with E-state index in [9.17, 15) is 4.79 Å². The van der Waals surface area contributed by atoms with Gasteiger partial charge in [0.2, 0.25) is 5.71 Å². The Labute approximate surface area is 79.8 Å². The van der Waals surface area contributed by atoms with E-state index in [0.717, 1.165) is 12.8 Å². The Morgan fingerprint density at radius 2 is 1.86 bits per heavy atom. The molecule has 1 aliphatic heterocycles. The Morgan fingerprint density at radius 1 is 1.21 bits per heavy atom. The Morgan fingerprint density at radius 3 is 2.36 bits per heavy atom. The standard InChI is InChI=1S/C8H10N2O4/c11-7-5(9-12)6(10-13)8(14-7)3-1-2-4-8/h12-13H,1-4H2/b9-5-,10-6+. The highest BCUT2D eigenvalue weighted by molar-refractivity contribution is 6.69. The summed E-state index contributed by atoms with van der Waals surface area (Å²) in [6.45, 7) is 0. The molecule has 0 unspecified atom stereocenters. The zero-order chi connectivity index (χ0) is 10.2. The highest BCUT2D eigenvalue weighted by Gasteiger charge is 2.53. The van der Waals surface area contributed by atoms with Crippen LogP contribution in [-0.4, -0.2) is 33.4 Å². The van der Waals surface area contributed by atoms with Crippen LogP contribution in [-0.2, 0) is 9.53 Å². The SMILES string of the molecule is O=C1OC2(CCCC2)C(=N/O)/C1=N/O. The smallest absolute Gasteiger partial charge is 0.363 e. The predicted molar refractivity (Wildman–Crippen MR) is 45.7 cm³/mol. The van der Waals surface area contributed by atoms with Gasteiger partial charge < -0.3 is 15.2 Å². The lowest BCUT2D eigenvalue weighted by Gasteiger charge is -2.19. The molecule has 2 rings (SSSR count). The summed E-state index contributed by atoms with van der Waals surface area (Å²) in [5, 5.41) is 23.1. The second-order valence-electron chi connectivity index (χ2n) is 3.49. The van der Waals surface area contributed by atoms with Crippen molar-refractivity contribution >= 4 is 17.4 Å². The van der Waals surface area contributed by atoms with E-state index in [1.54, 1.807) is 0 Å². The van der Waals surface area contributed by atoms with Gasteiger partial charge >= 0.3 is 5.97 Å². The van der Waals surface area contributed by atoms with E-state index in [1.807, 2.05) is 0 Å². The van der Waals surface area contributed by atoms with Gasteiger partial charge in [0.1, 0.15) is 0 Å². The van der Waals surface area contributed by atoms with Crippen LogP contribution in [0.25, 0.3) is 0 Å². The van der Waals surface area contributed by atoms with Crippen LogP contribution < -0.4 is 0 Å². The first kappa shape index (κ1) is 8.98. The lowest BCUT2D eigenvalue weighted by atomic mass is 9.95. The first-order valence-corrected chi connectivity index (χ1v) is 4.42. The van der Waals surface area contributed by atoms with Gasteiger partial charge in [0, 0.05) is 0 Å². The van der Waals surface area contributed by atoms with E-state index in [-0.39, 0.29) is 11.4 Å². The highest BCUT2D eigenvalue weighted by atomic mass is 16.6. The van der Waals surface area contributed by atoms with Crippen LogP contribution >= 0.6 is 0 Å². The lowest BCUT2D eigenvalue weighted by Crippen LogP contribution is -2.34. The summed E-state index contributed by atoms with van der Waals surface area (Å²) in [6.07, 6.45) is 3.06. The minimum atomic E-state index is -0.840. The summed E-state index contributed by atoms with van der Waals surface area (Å²) < 4.78 is 5.10. The van der Waals surface area contributed by atoms with Gasteiger partial charge in [0.05, 0.1) is 0 Å². The molecule has 1 saturated heterocycles. The summed E-state index contributed by atoms with van der Waals surface area (Å²) in [5.41, 5.74) is -1.06. The number of ether oxygens (including phenoxy) is 1. The first-order chi connectivity index (χ1) is 6.73. The molecule has 1 spiro atoms. The molecule has 2 fully saturated rings. The minimum Gasteiger partial charge on any atom is -0.447 e. The molecule has 0 atom stereocenters. The van der Waals surface area contributed by atoms with Crippen molar-refractivity contribution < 1.29 is 19.9 Å². The van der Waals surface area contributed by atoms with Crippen molar-refractivity contribution in [2.75, 3.05) is 0 Å². The number of oxime groups is 2. The van der Waals surface area contributed by atoms with Gasteiger partial charge in [0.15, 0.2) is 11.3 Å². The Balaban J connectivity index is 2.43. The summed E-state index contributed by atoms with van der Waals surface area (Å²) >= 11 is 0. The lowest BCUT2D eigenvalue weighted by molar-refractivity contribution is -0.141. The molecule has 6 nitrogen and oxygen atoms in total. The molecule has 0 aromatic rings. The fourth-order valence-corrected chi connectivity index (χ4v) is 2.10. The van der Waals surface area contributed by atoms with Gasteiger partial charge in [-0.1, -0.05) is 10.3 Å². The second kappa shape index (κ2) is 2.97. The van der Waals surface area contributed by atoms with Gasteiger partial charge in [-0.25, -0.2) is 4.79 Å². The molecule has 0 radical (unpaired) electrons. The third kappa shape index (κ3) is 0.997. The van der Waals surface area contributed by atoms with E-state index < -0.39 is 11.6 Å². The summed E-state index contributed by atoms with van der Waals surface area (Å²) in [7, 11) is 0. The molecule has 14 heavy (non-hydrogen) atoms. The van der Waals surface area contributed by atoms with E-state index in [0.29, 0.717) is 12.8 Å². The Bertz CT molecular complexity index is 328. The molecule has 1 heterocycles. The zero-order valence-corrected chi connectivity index (χ0v) is 7.43. The average Bonchev–Trinajstić information content (AvgIpc) is 2.72. The maximum atomic E-state index is 11.2. The second-order valence-corrected chi connectivity index (χ2v) is 3.49. The monoisotopic (exact) mass is 198 g/mol. The quantitative estimate of drug-likeness (QED) is 0.337. The molecule has 2 N–H and O–H groups in total. The fourth-order valence-electron chi connectivity index (χ4n) is 2.10. The topological polar surface area (TPSA) is 91.5 Å². The van der Waals surface area contributed by atoms with Gasteiger partial charge in [-0.05, 0) is 25.7 Å². The molecule has 1 aliphatic carbocycles. The third-order valence-corrected chi connectivity index (χ3v) is 2.75. The van der Waals surface area contributed by atoms with Crippen LogP contribution in [0.5, 0.6) is 0 Å². The molecule has 0 bridgehead atoms. The van der Waals surface area contributed by atoms with Crippen molar-refractivity contribution in [3.8, 4) is 0 Å². The summed E-state index contributed by atoms with van der Waals surface area (Å²) in [6, 6.07) is 0. The van der Waals surface area contributed by atoms with Gasteiger partial charge in [-0.3, -0.25) is 0 Å². The van der Waals surface area contributed by atoms with Crippen LogP contribution in [0.1, 0.15) is 25.7 Å². The van der Waals surface area contributed by atoms with Crippen LogP contribution in [0.4, 0.5) is 0 Å². The maximum absolute atomic E-state index is 11.2. The van der Waals surface area contributed by atoms with E-state index in [1.165, 1.54) is 0 Å². The van der Waals surface area contributed by atoms with E-state index in [4.69, 9.17) is 15.2 Å². The number of rotatable bonds is 0. The number of hydrogen-bond donors (Lipinski definition) is 2. The highest BCUT2D eigenvalue weighted by Crippen LogP contribution is 2.38. The Kier molecular flexibility index (Phi) is 1.90. The van der Waals surface area contributed by atoms with Crippen molar-refractivity contribution in [2.45, 2.75) is 31.3 Å². The predicted octanol–water partition coefficient (Wildman–Crippen LogP) is 0.516. The van der Waals surface area contributed by atoms with Gasteiger partial charge in [0.25, 0.3) is 0 Å². The number of nitrogens with zero attached hydrogens (tertiary/aromatic N) is 2. The number of carbonyl (C=O) groups is 1. The molecule has 6 heteroatoms. The van der Waals surface area contributed by atoms with Crippen molar-refractivity contribution in [3.63, 3.8) is 0 Å². The molecule has 1 saturated carbocycles. The van der Waals surface area contributed by atoms with Crippen molar-refractivity contribution in [3.05, 3.63) is 0 Å².